The molecule has 2 aromatic rings. The second-order valence-corrected chi connectivity index (χ2v) is 9.23. The van der Waals surface area contributed by atoms with E-state index >= 15 is 0 Å². The number of carbonyl (C=O) groups excluding carboxylic acids is 1. The van der Waals surface area contributed by atoms with E-state index in [9.17, 15) is 4.79 Å². The Kier molecular flexibility index (Phi) is 10.3. The fourth-order valence-electron chi connectivity index (χ4n) is 2.97. The summed E-state index contributed by atoms with van der Waals surface area (Å²) in [5.74, 6) is 0.573. The van der Waals surface area contributed by atoms with Crippen LogP contribution in [0.5, 0.6) is 0 Å². The minimum absolute atomic E-state index is 0.00198. The first-order valence-electron chi connectivity index (χ1n) is 10.4. The molecule has 1 aromatic carbocycles. The van der Waals surface area contributed by atoms with Crippen molar-refractivity contribution in [2.24, 2.45) is 0 Å². The molecular formula is C21H33ClN7OS+. The number of carbonyl (C=O) groups is 1. The molecule has 0 atom stereocenters. The van der Waals surface area contributed by atoms with Gasteiger partial charge in [-0.2, -0.15) is 0 Å². The topological polar surface area (TPSA) is 119 Å². The zero-order valence-corrected chi connectivity index (χ0v) is 19.8. The lowest BCUT2D eigenvalue weighted by molar-refractivity contribution is -0.889. The normalized spacial score (nSPS) is 11.5. The molecule has 0 bridgehead atoms. The average Bonchev–Trinajstić information content (AvgIpc) is 2.73. The number of unbranched alkanes of at least 4 members (excludes halogenated alkanes) is 2. The van der Waals surface area contributed by atoms with Gasteiger partial charge in [0, 0.05) is 12.3 Å². The maximum Gasteiger partial charge on any atom is 0.273 e. The van der Waals surface area contributed by atoms with Crippen molar-refractivity contribution in [1.82, 2.24) is 20.0 Å². The van der Waals surface area contributed by atoms with Crippen LogP contribution < -0.4 is 21.5 Å². The number of halogens is 1. The molecule has 1 heterocycles. The summed E-state index contributed by atoms with van der Waals surface area (Å²) < 4.78 is 4.25. The van der Waals surface area contributed by atoms with E-state index in [1.165, 1.54) is 12.0 Å². The molecule has 1 amide bonds. The minimum atomic E-state index is -0.397. The minimum Gasteiger partial charge on any atom is -0.382 e. The fourth-order valence-corrected chi connectivity index (χ4v) is 3.85. The summed E-state index contributed by atoms with van der Waals surface area (Å²) in [5, 5.41) is 2.81. The maximum atomic E-state index is 12.3. The lowest BCUT2D eigenvalue weighted by Gasteiger charge is -2.30. The highest BCUT2D eigenvalue weighted by atomic mass is 35.5. The predicted octanol–water partition coefficient (Wildman–Crippen LogP) is 2.71. The highest BCUT2D eigenvalue weighted by Crippen LogP contribution is 2.17. The number of nitrogens with one attached hydrogen (secondary N) is 2. The van der Waals surface area contributed by atoms with Gasteiger partial charge in [0.2, 0.25) is 0 Å². The van der Waals surface area contributed by atoms with Gasteiger partial charge in [0.05, 0.1) is 33.7 Å². The Morgan fingerprint density at radius 2 is 1.77 bits per heavy atom. The number of nitrogen functional groups attached to an aromatic ring is 2. The van der Waals surface area contributed by atoms with Crippen LogP contribution >= 0.6 is 23.5 Å². The number of aromatic nitrogens is 2. The summed E-state index contributed by atoms with van der Waals surface area (Å²) in [6.45, 7) is 3.36. The third-order valence-corrected chi connectivity index (χ3v) is 6.01. The van der Waals surface area contributed by atoms with E-state index < -0.39 is 5.91 Å². The largest absolute Gasteiger partial charge is 0.382 e. The number of likely N-dealkylation sites (N-methyl/N-ethyl adjacent to an activating group) is 1. The van der Waals surface area contributed by atoms with Crippen molar-refractivity contribution in [3.8, 4) is 0 Å². The SMILES string of the molecule is C[N+](C)(CCCCCNSCc1ccccc1)CCNC(=O)c1nc(Cl)c(N)nc1N. The third-order valence-electron chi connectivity index (χ3n) is 4.85. The molecule has 0 radical (unpaired) electrons. The second kappa shape index (κ2) is 12.7. The molecule has 6 N–H and O–H groups in total. The number of amides is 1. The number of nitrogens with two attached hydrogens (primary N) is 2. The quantitative estimate of drug-likeness (QED) is 0.203. The van der Waals surface area contributed by atoms with Crippen molar-refractivity contribution in [2.75, 3.05) is 51.7 Å². The summed E-state index contributed by atoms with van der Waals surface area (Å²) in [6.07, 6.45) is 3.45. The molecular weight excluding hydrogens is 434 g/mol. The molecule has 170 valence electrons. The second-order valence-electron chi connectivity index (χ2n) is 8.00. The molecule has 0 fully saturated rings. The number of hydrogen-bond acceptors (Lipinski definition) is 7. The van der Waals surface area contributed by atoms with E-state index in [2.05, 4.69) is 58.4 Å². The first kappa shape index (κ1) is 25.2. The van der Waals surface area contributed by atoms with E-state index in [4.69, 9.17) is 23.1 Å². The summed E-state index contributed by atoms with van der Waals surface area (Å²) in [4.78, 5) is 20.0. The average molecular weight is 467 g/mol. The molecule has 0 saturated carbocycles. The van der Waals surface area contributed by atoms with E-state index in [1.807, 2.05) is 6.07 Å². The van der Waals surface area contributed by atoms with Crippen molar-refractivity contribution in [1.29, 1.82) is 0 Å². The number of anilines is 2. The Balaban J connectivity index is 1.56. The van der Waals surface area contributed by atoms with Gasteiger partial charge < -0.3 is 21.3 Å². The number of benzene rings is 1. The van der Waals surface area contributed by atoms with Crippen LogP contribution in [0.3, 0.4) is 0 Å². The van der Waals surface area contributed by atoms with Gasteiger partial charge in [-0.25, -0.2) is 9.97 Å². The Morgan fingerprint density at radius 3 is 2.52 bits per heavy atom. The molecule has 1 aromatic heterocycles. The fraction of sp³-hybridized carbons (Fsp3) is 0.476. The predicted molar refractivity (Wildman–Crippen MR) is 130 cm³/mol. The van der Waals surface area contributed by atoms with Crippen molar-refractivity contribution >= 4 is 41.1 Å². The smallest absolute Gasteiger partial charge is 0.273 e. The van der Waals surface area contributed by atoms with Crippen molar-refractivity contribution in [2.45, 2.75) is 25.0 Å². The first-order valence-corrected chi connectivity index (χ1v) is 11.7. The summed E-state index contributed by atoms with van der Waals surface area (Å²) in [5.41, 5.74) is 12.6. The van der Waals surface area contributed by atoms with E-state index in [-0.39, 0.29) is 22.5 Å². The standard InChI is InChI=1S/C21H32ClN7OS/c1-29(2,13-8-4-7-11-26-31-15-16-9-5-3-6-10-16)14-12-25-21(30)17-19(23)28-20(24)18(22)27-17/h3,5-6,9-10,26H,4,7-8,11-15H2,1-2H3,(H4-,23,24,25,28,30)/p+1. The van der Waals surface area contributed by atoms with E-state index in [0.29, 0.717) is 6.54 Å². The van der Waals surface area contributed by atoms with Crippen LogP contribution in [0, 0.1) is 0 Å². The van der Waals surface area contributed by atoms with Crippen molar-refractivity contribution < 1.29 is 9.28 Å². The van der Waals surface area contributed by atoms with Crippen LogP contribution in [0.2, 0.25) is 5.15 Å². The van der Waals surface area contributed by atoms with E-state index in [1.54, 1.807) is 11.9 Å². The van der Waals surface area contributed by atoms with Crippen LogP contribution in [0.4, 0.5) is 11.6 Å². The van der Waals surface area contributed by atoms with Crippen LogP contribution in [0.1, 0.15) is 35.3 Å². The number of rotatable bonds is 13. The Hall–Kier alpha value is -2.07. The molecule has 0 aliphatic heterocycles. The van der Waals surface area contributed by atoms with Gasteiger partial charge >= 0.3 is 0 Å². The van der Waals surface area contributed by atoms with E-state index in [0.717, 1.165) is 42.7 Å². The Morgan fingerprint density at radius 1 is 1.03 bits per heavy atom. The number of nitrogens with zero attached hydrogens (tertiary/aromatic N) is 3. The summed E-state index contributed by atoms with van der Waals surface area (Å²) >= 11 is 7.59. The molecule has 10 heteroatoms. The summed E-state index contributed by atoms with van der Waals surface area (Å²) in [6, 6.07) is 10.5. The number of hydrogen-bond donors (Lipinski definition) is 4. The van der Waals surface area contributed by atoms with Gasteiger partial charge in [0.15, 0.2) is 22.5 Å². The van der Waals surface area contributed by atoms with Gasteiger partial charge in [-0.05, 0) is 24.8 Å². The molecule has 0 spiro atoms. The lowest BCUT2D eigenvalue weighted by atomic mass is 10.2. The molecule has 8 nitrogen and oxygen atoms in total. The molecule has 0 aliphatic rings. The Bertz CT molecular complexity index is 836. The highest BCUT2D eigenvalue weighted by molar-refractivity contribution is 7.96. The van der Waals surface area contributed by atoms with Crippen molar-refractivity contribution in [3.63, 3.8) is 0 Å². The summed E-state index contributed by atoms with van der Waals surface area (Å²) in [7, 11) is 4.32. The van der Waals surface area contributed by atoms with Crippen LogP contribution in [-0.2, 0) is 5.75 Å². The van der Waals surface area contributed by atoms with Gasteiger partial charge in [0.25, 0.3) is 5.91 Å². The number of quaternary nitrogens is 1. The lowest BCUT2D eigenvalue weighted by Crippen LogP contribution is -2.46. The highest BCUT2D eigenvalue weighted by Gasteiger charge is 2.18. The first-order chi connectivity index (χ1) is 14.8. The molecule has 0 aliphatic carbocycles. The van der Waals surface area contributed by atoms with Gasteiger partial charge in [-0.1, -0.05) is 53.9 Å². The zero-order valence-electron chi connectivity index (χ0n) is 18.2. The monoisotopic (exact) mass is 466 g/mol. The Labute approximate surface area is 193 Å². The maximum absolute atomic E-state index is 12.3. The third kappa shape index (κ3) is 9.30. The van der Waals surface area contributed by atoms with Crippen LogP contribution in [0.15, 0.2) is 30.3 Å². The van der Waals surface area contributed by atoms with Crippen molar-refractivity contribution in [3.05, 3.63) is 46.7 Å². The molecule has 0 unspecified atom stereocenters. The van der Waals surface area contributed by atoms with Crippen LogP contribution in [0.25, 0.3) is 0 Å². The van der Waals surface area contributed by atoms with Gasteiger partial charge in [-0.15, -0.1) is 0 Å². The van der Waals surface area contributed by atoms with Gasteiger partial charge in [0.1, 0.15) is 0 Å². The molecule has 0 saturated heterocycles. The zero-order chi connectivity index (χ0) is 22.7. The van der Waals surface area contributed by atoms with Crippen LogP contribution in [-0.4, -0.2) is 60.6 Å². The molecule has 2 rings (SSSR count). The molecule has 31 heavy (non-hydrogen) atoms. The van der Waals surface area contributed by atoms with Gasteiger partial charge in [-0.3, -0.25) is 9.52 Å².